The van der Waals surface area contributed by atoms with Gasteiger partial charge in [0.15, 0.2) is 0 Å². The van der Waals surface area contributed by atoms with E-state index in [1.54, 1.807) is 0 Å². The summed E-state index contributed by atoms with van der Waals surface area (Å²) in [4.78, 5) is 9.42. The SMILES string of the molecule is CCCNC(Cc1nccn1C)C1CN(C)CCN1C. The van der Waals surface area contributed by atoms with Crippen LogP contribution < -0.4 is 5.32 Å². The normalized spacial score (nSPS) is 23.1. The first-order valence-corrected chi connectivity index (χ1v) is 7.70. The summed E-state index contributed by atoms with van der Waals surface area (Å²) in [6, 6.07) is 1.01. The fourth-order valence-corrected chi connectivity index (χ4v) is 2.94. The molecule has 20 heavy (non-hydrogen) atoms. The molecule has 5 heteroatoms. The molecule has 5 nitrogen and oxygen atoms in total. The molecule has 2 unspecified atom stereocenters. The molecule has 1 saturated heterocycles. The Morgan fingerprint density at radius 2 is 2.15 bits per heavy atom. The van der Waals surface area contributed by atoms with E-state index in [-0.39, 0.29) is 0 Å². The first-order valence-electron chi connectivity index (χ1n) is 7.70. The van der Waals surface area contributed by atoms with Crippen LogP contribution in [0.1, 0.15) is 19.2 Å². The highest BCUT2D eigenvalue weighted by molar-refractivity contribution is 4.99. The molecule has 0 saturated carbocycles. The van der Waals surface area contributed by atoms with Gasteiger partial charge in [-0.3, -0.25) is 4.90 Å². The average Bonchev–Trinajstić information content (AvgIpc) is 2.83. The molecular weight excluding hydrogens is 250 g/mol. The van der Waals surface area contributed by atoms with Gasteiger partial charge in [0.2, 0.25) is 0 Å². The molecule has 0 radical (unpaired) electrons. The van der Waals surface area contributed by atoms with Gasteiger partial charge >= 0.3 is 0 Å². The lowest BCUT2D eigenvalue weighted by molar-refractivity contribution is 0.0869. The van der Waals surface area contributed by atoms with E-state index in [4.69, 9.17) is 0 Å². The van der Waals surface area contributed by atoms with E-state index < -0.39 is 0 Å². The Bertz CT molecular complexity index is 403. The average molecular weight is 279 g/mol. The Morgan fingerprint density at radius 3 is 2.80 bits per heavy atom. The van der Waals surface area contributed by atoms with Gasteiger partial charge in [-0.1, -0.05) is 6.92 Å². The molecule has 2 atom stereocenters. The maximum Gasteiger partial charge on any atom is 0.109 e. The number of likely N-dealkylation sites (N-methyl/N-ethyl adjacent to an activating group) is 2. The minimum absolute atomic E-state index is 0.462. The van der Waals surface area contributed by atoms with Crippen LogP contribution in [0, 0.1) is 0 Å². The third-order valence-electron chi connectivity index (χ3n) is 4.34. The number of nitrogens with zero attached hydrogens (tertiary/aromatic N) is 4. The van der Waals surface area contributed by atoms with E-state index >= 15 is 0 Å². The molecule has 2 heterocycles. The summed E-state index contributed by atoms with van der Waals surface area (Å²) in [5, 5.41) is 3.73. The third-order valence-corrected chi connectivity index (χ3v) is 4.34. The largest absolute Gasteiger partial charge is 0.338 e. The monoisotopic (exact) mass is 279 g/mol. The van der Waals surface area contributed by atoms with Crippen LogP contribution >= 0.6 is 0 Å². The van der Waals surface area contributed by atoms with E-state index in [1.807, 2.05) is 12.4 Å². The lowest BCUT2D eigenvalue weighted by Crippen LogP contribution is -2.59. The van der Waals surface area contributed by atoms with Crippen molar-refractivity contribution in [1.82, 2.24) is 24.7 Å². The second-order valence-corrected chi connectivity index (χ2v) is 6.03. The molecule has 0 bridgehead atoms. The predicted octanol–water partition coefficient (Wildman–Crippen LogP) is 0.577. The molecule has 1 aliphatic rings. The predicted molar refractivity (Wildman–Crippen MR) is 82.9 cm³/mol. The van der Waals surface area contributed by atoms with E-state index in [2.05, 4.69) is 52.7 Å². The van der Waals surface area contributed by atoms with Crippen molar-refractivity contribution in [1.29, 1.82) is 0 Å². The van der Waals surface area contributed by atoms with Gasteiger partial charge in [0.1, 0.15) is 5.82 Å². The lowest BCUT2D eigenvalue weighted by Gasteiger charge is -2.42. The highest BCUT2D eigenvalue weighted by Crippen LogP contribution is 2.13. The van der Waals surface area contributed by atoms with Gasteiger partial charge in [0.05, 0.1) is 0 Å². The Balaban J connectivity index is 2.07. The Kier molecular flexibility index (Phi) is 5.57. The van der Waals surface area contributed by atoms with Crippen molar-refractivity contribution in [3.8, 4) is 0 Å². The van der Waals surface area contributed by atoms with Crippen LogP contribution in [0.2, 0.25) is 0 Å². The fraction of sp³-hybridized carbons (Fsp3) is 0.800. The number of nitrogens with one attached hydrogen (secondary N) is 1. The number of piperazine rings is 1. The molecule has 1 N–H and O–H groups in total. The molecule has 0 aliphatic carbocycles. The van der Waals surface area contributed by atoms with Crippen molar-refractivity contribution in [3.63, 3.8) is 0 Å². The highest BCUT2D eigenvalue weighted by atomic mass is 15.3. The van der Waals surface area contributed by atoms with Crippen molar-refractivity contribution in [2.75, 3.05) is 40.3 Å². The van der Waals surface area contributed by atoms with Crippen LogP contribution in [0.3, 0.4) is 0 Å². The maximum absolute atomic E-state index is 4.49. The minimum atomic E-state index is 0.462. The lowest BCUT2D eigenvalue weighted by atomic mass is 10.00. The van der Waals surface area contributed by atoms with Gasteiger partial charge < -0.3 is 14.8 Å². The number of hydrogen-bond donors (Lipinski definition) is 1. The van der Waals surface area contributed by atoms with Crippen molar-refractivity contribution in [3.05, 3.63) is 18.2 Å². The number of aromatic nitrogens is 2. The first kappa shape index (κ1) is 15.5. The Hall–Kier alpha value is -0.910. The van der Waals surface area contributed by atoms with E-state index in [1.165, 1.54) is 12.2 Å². The van der Waals surface area contributed by atoms with Crippen LogP contribution in [-0.2, 0) is 13.5 Å². The van der Waals surface area contributed by atoms with Crippen LogP contribution in [0.4, 0.5) is 0 Å². The zero-order valence-corrected chi connectivity index (χ0v) is 13.3. The number of rotatable bonds is 6. The molecule has 0 aromatic carbocycles. The minimum Gasteiger partial charge on any atom is -0.338 e. The quantitative estimate of drug-likeness (QED) is 0.826. The Morgan fingerprint density at radius 1 is 1.35 bits per heavy atom. The molecule has 2 rings (SSSR count). The number of imidazole rings is 1. The van der Waals surface area contributed by atoms with Gasteiger partial charge in [-0.2, -0.15) is 0 Å². The third kappa shape index (κ3) is 3.81. The van der Waals surface area contributed by atoms with Gasteiger partial charge in [-0.25, -0.2) is 4.98 Å². The van der Waals surface area contributed by atoms with E-state index in [0.717, 1.165) is 32.6 Å². The van der Waals surface area contributed by atoms with Crippen molar-refractivity contribution < 1.29 is 0 Å². The van der Waals surface area contributed by atoms with Gasteiger partial charge in [0.25, 0.3) is 0 Å². The summed E-state index contributed by atoms with van der Waals surface area (Å²) in [6.07, 6.45) is 6.08. The van der Waals surface area contributed by atoms with E-state index in [9.17, 15) is 0 Å². The molecule has 1 aromatic heterocycles. The summed E-state index contributed by atoms with van der Waals surface area (Å²) in [5.74, 6) is 1.17. The standard InChI is InChI=1S/C15H29N5/c1-5-6-16-13(11-15-17-7-8-20(15)4)14-12-18(2)9-10-19(14)3/h7-8,13-14,16H,5-6,9-12H2,1-4H3. The van der Waals surface area contributed by atoms with Gasteiger partial charge in [-0.15, -0.1) is 0 Å². The zero-order valence-electron chi connectivity index (χ0n) is 13.3. The van der Waals surface area contributed by atoms with Crippen molar-refractivity contribution >= 4 is 0 Å². The molecule has 1 aliphatic heterocycles. The van der Waals surface area contributed by atoms with Gasteiger partial charge in [-0.05, 0) is 27.1 Å². The smallest absolute Gasteiger partial charge is 0.109 e. The Labute approximate surface area is 123 Å². The van der Waals surface area contributed by atoms with Crippen LogP contribution in [0.25, 0.3) is 0 Å². The zero-order chi connectivity index (χ0) is 14.5. The molecule has 1 aromatic rings. The second-order valence-electron chi connectivity index (χ2n) is 6.03. The summed E-state index contributed by atoms with van der Waals surface area (Å²) in [5.41, 5.74) is 0. The van der Waals surface area contributed by atoms with Crippen molar-refractivity contribution in [2.45, 2.75) is 31.8 Å². The number of hydrogen-bond acceptors (Lipinski definition) is 4. The summed E-state index contributed by atoms with van der Waals surface area (Å²) in [6.45, 7) is 6.73. The summed E-state index contributed by atoms with van der Waals surface area (Å²) >= 11 is 0. The highest BCUT2D eigenvalue weighted by Gasteiger charge is 2.30. The van der Waals surface area contributed by atoms with Crippen LogP contribution in [0.5, 0.6) is 0 Å². The van der Waals surface area contributed by atoms with Crippen LogP contribution in [0.15, 0.2) is 12.4 Å². The second kappa shape index (κ2) is 7.20. The van der Waals surface area contributed by atoms with E-state index in [0.29, 0.717) is 12.1 Å². The maximum atomic E-state index is 4.49. The fourth-order valence-electron chi connectivity index (χ4n) is 2.94. The van der Waals surface area contributed by atoms with Crippen LogP contribution in [-0.4, -0.2) is 71.7 Å². The number of aryl methyl sites for hydroxylation is 1. The molecular formula is C15H29N5. The van der Waals surface area contributed by atoms with Crippen molar-refractivity contribution in [2.24, 2.45) is 7.05 Å². The molecule has 0 amide bonds. The first-order chi connectivity index (χ1) is 9.61. The van der Waals surface area contributed by atoms with Gasteiger partial charge in [0, 0.05) is 57.6 Å². The topological polar surface area (TPSA) is 36.3 Å². The molecule has 1 fully saturated rings. The molecule has 114 valence electrons. The summed E-state index contributed by atoms with van der Waals surface area (Å²) < 4.78 is 2.13. The molecule has 0 spiro atoms. The summed E-state index contributed by atoms with van der Waals surface area (Å²) in [7, 11) is 6.55.